The normalized spacial score (nSPS) is 11.6. The van der Waals surface area contributed by atoms with E-state index in [4.69, 9.17) is 10.2 Å². The number of carboxylic acids is 1. The van der Waals surface area contributed by atoms with E-state index in [9.17, 15) is 4.79 Å². The molecule has 122 valence electrons. The summed E-state index contributed by atoms with van der Waals surface area (Å²) in [7, 11) is 0. The van der Waals surface area contributed by atoms with E-state index < -0.39 is 12.1 Å². The molecule has 0 fully saturated rings. The molecule has 0 aliphatic rings. The predicted molar refractivity (Wildman–Crippen MR) is 86.1 cm³/mol. The molecule has 0 rings (SSSR count). The number of carboxylic acid groups (broad SMARTS) is 1. The van der Waals surface area contributed by atoms with Gasteiger partial charge in [-0.1, -0.05) is 90.9 Å². The summed E-state index contributed by atoms with van der Waals surface area (Å²) in [5.74, 6) is -1.19. The molecule has 1 atom stereocenters. The minimum absolute atomic E-state index is 1.19. The van der Waals surface area contributed by atoms with Crippen molar-refractivity contribution in [3.8, 4) is 0 Å². The van der Waals surface area contributed by atoms with E-state index >= 15 is 0 Å². The number of aliphatic carboxylic acids is 1. The highest BCUT2D eigenvalue weighted by molar-refractivity contribution is 5.71. The van der Waals surface area contributed by atoms with Gasteiger partial charge >= 0.3 is 5.97 Å². The Balaban J connectivity index is 0. The first-order valence-corrected chi connectivity index (χ1v) is 8.47. The van der Waals surface area contributed by atoms with Crippen molar-refractivity contribution in [2.24, 2.45) is 0 Å². The lowest BCUT2D eigenvalue weighted by Crippen LogP contribution is -2.13. The minimum atomic E-state index is -1.23. The average Bonchev–Trinajstić information content (AvgIpc) is 2.41. The molecule has 0 aromatic rings. The molecule has 0 aliphatic heterocycles. The van der Waals surface area contributed by atoms with Crippen LogP contribution in [0.25, 0.3) is 0 Å². The third-order valence-electron chi connectivity index (χ3n) is 3.31. The van der Waals surface area contributed by atoms with Crippen LogP contribution in [0, 0.1) is 0 Å². The van der Waals surface area contributed by atoms with Crippen LogP contribution < -0.4 is 0 Å². The molecule has 0 aromatic heterocycles. The highest BCUT2D eigenvalue weighted by atomic mass is 16.4. The maximum atomic E-state index is 9.45. The lowest BCUT2D eigenvalue weighted by molar-refractivity contribution is -0.145. The summed E-state index contributed by atoms with van der Waals surface area (Å²) in [6, 6.07) is 0. The number of carbonyl (C=O) groups is 1. The Hall–Kier alpha value is -0.570. The second-order valence-electron chi connectivity index (χ2n) is 5.55. The van der Waals surface area contributed by atoms with Crippen LogP contribution in [0.4, 0.5) is 0 Å². The third kappa shape index (κ3) is 22.6. The molecule has 0 spiro atoms. The molecule has 0 aromatic carbocycles. The van der Waals surface area contributed by atoms with Crippen molar-refractivity contribution in [3.05, 3.63) is 0 Å². The van der Waals surface area contributed by atoms with Crippen molar-refractivity contribution in [1.29, 1.82) is 0 Å². The Morgan fingerprint density at radius 3 is 1.10 bits per heavy atom. The van der Waals surface area contributed by atoms with E-state index in [1.807, 2.05) is 0 Å². The van der Waals surface area contributed by atoms with E-state index in [1.165, 1.54) is 84.0 Å². The molecule has 3 heteroatoms. The number of aliphatic hydroxyl groups is 1. The standard InChI is InChI=1S/C14H30.C3H6O3/c1-3-5-7-9-11-13-14-12-10-8-6-4-2;1-2(4)3(5)6/h3-14H2,1-2H3;2,4H,1H3,(H,5,6). The van der Waals surface area contributed by atoms with Gasteiger partial charge in [0.1, 0.15) is 6.10 Å². The number of unbranched alkanes of at least 4 members (excludes halogenated alkanes) is 11. The summed E-state index contributed by atoms with van der Waals surface area (Å²) in [6.07, 6.45) is 16.2. The van der Waals surface area contributed by atoms with Gasteiger partial charge < -0.3 is 10.2 Å². The Labute approximate surface area is 125 Å². The van der Waals surface area contributed by atoms with Gasteiger partial charge in [-0.15, -0.1) is 0 Å². The van der Waals surface area contributed by atoms with Crippen LogP contribution in [0.15, 0.2) is 0 Å². The first kappa shape index (κ1) is 21.7. The van der Waals surface area contributed by atoms with E-state index in [1.54, 1.807) is 0 Å². The van der Waals surface area contributed by atoms with Crippen LogP contribution in [-0.4, -0.2) is 22.3 Å². The van der Waals surface area contributed by atoms with Crippen molar-refractivity contribution in [1.82, 2.24) is 0 Å². The quantitative estimate of drug-likeness (QED) is 0.488. The molecule has 1 unspecified atom stereocenters. The summed E-state index contributed by atoms with van der Waals surface area (Å²) in [5.41, 5.74) is 0. The van der Waals surface area contributed by atoms with E-state index in [0.717, 1.165) is 0 Å². The van der Waals surface area contributed by atoms with Gasteiger partial charge in [-0.2, -0.15) is 0 Å². The monoisotopic (exact) mass is 288 g/mol. The summed E-state index contributed by atoms with van der Waals surface area (Å²) >= 11 is 0. The van der Waals surface area contributed by atoms with Gasteiger partial charge in [0, 0.05) is 0 Å². The van der Waals surface area contributed by atoms with E-state index in [-0.39, 0.29) is 0 Å². The van der Waals surface area contributed by atoms with Crippen molar-refractivity contribution in [3.63, 3.8) is 0 Å². The zero-order valence-corrected chi connectivity index (χ0v) is 13.9. The fraction of sp³-hybridized carbons (Fsp3) is 0.941. The van der Waals surface area contributed by atoms with E-state index in [2.05, 4.69) is 13.8 Å². The topological polar surface area (TPSA) is 57.5 Å². The maximum absolute atomic E-state index is 9.45. The summed E-state index contributed by atoms with van der Waals surface area (Å²) in [5, 5.41) is 15.8. The van der Waals surface area contributed by atoms with Crippen molar-refractivity contribution >= 4 is 5.97 Å². The van der Waals surface area contributed by atoms with Crippen LogP contribution in [0.5, 0.6) is 0 Å². The Morgan fingerprint density at radius 2 is 0.950 bits per heavy atom. The Morgan fingerprint density at radius 1 is 0.750 bits per heavy atom. The van der Waals surface area contributed by atoms with Crippen LogP contribution in [0.2, 0.25) is 0 Å². The molecule has 0 radical (unpaired) electrons. The molecule has 0 saturated heterocycles. The van der Waals surface area contributed by atoms with Crippen molar-refractivity contribution in [2.75, 3.05) is 0 Å². The fourth-order valence-corrected chi connectivity index (χ4v) is 1.91. The second kappa shape index (κ2) is 18.4. The number of hydrogen-bond acceptors (Lipinski definition) is 2. The lowest BCUT2D eigenvalue weighted by Gasteiger charge is -2.01. The van der Waals surface area contributed by atoms with Gasteiger partial charge in [-0.25, -0.2) is 4.79 Å². The van der Waals surface area contributed by atoms with Gasteiger partial charge in [0.25, 0.3) is 0 Å². The Bertz CT molecular complexity index is 179. The molecule has 0 amide bonds. The lowest BCUT2D eigenvalue weighted by atomic mass is 10.1. The first-order chi connectivity index (χ1) is 9.56. The molecule has 3 nitrogen and oxygen atoms in total. The number of rotatable bonds is 12. The molecular weight excluding hydrogens is 252 g/mol. The molecular formula is C17H36O3. The molecule has 2 N–H and O–H groups in total. The largest absolute Gasteiger partial charge is 0.479 e. The minimum Gasteiger partial charge on any atom is -0.479 e. The van der Waals surface area contributed by atoms with E-state index in [0.29, 0.717) is 0 Å². The van der Waals surface area contributed by atoms with Crippen LogP contribution in [0.3, 0.4) is 0 Å². The Kier molecular flexibility index (Phi) is 20.0. The maximum Gasteiger partial charge on any atom is 0.332 e. The molecule has 0 saturated carbocycles. The molecule has 0 aliphatic carbocycles. The summed E-state index contributed by atoms with van der Waals surface area (Å²) in [4.78, 5) is 9.45. The van der Waals surface area contributed by atoms with Gasteiger partial charge in [-0.05, 0) is 6.92 Å². The smallest absolute Gasteiger partial charge is 0.332 e. The number of aliphatic hydroxyl groups excluding tert-OH is 1. The second-order valence-corrected chi connectivity index (χ2v) is 5.55. The fourth-order valence-electron chi connectivity index (χ4n) is 1.91. The van der Waals surface area contributed by atoms with Crippen LogP contribution >= 0.6 is 0 Å². The van der Waals surface area contributed by atoms with Crippen molar-refractivity contribution in [2.45, 2.75) is 104 Å². The zero-order valence-electron chi connectivity index (χ0n) is 13.9. The third-order valence-corrected chi connectivity index (χ3v) is 3.31. The molecule has 0 bridgehead atoms. The SMILES string of the molecule is CC(O)C(=O)O.CCCCCCCCCCCCCC. The van der Waals surface area contributed by atoms with Gasteiger partial charge in [0.15, 0.2) is 0 Å². The highest BCUT2D eigenvalue weighted by Gasteiger charge is 2.01. The average molecular weight is 288 g/mol. The summed E-state index contributed by atoms with van der Waals surface area (Å²) < 4.78 is 0. The first-order valence-electron chi connectivity index (χ1n) is 8.47. The highest BCUT2D eigenvalue weighted by Crippen LogP contribution is 2.11. The van der Waals surface area contributed by atoms with Crippen molar-refractivity contribution < 1.29 is 15.0 Å². The van der Waals surface area contributed by atoms with Gasteiger partial charge in [-0.3, -0.25) is 0 Å². The number of hydrogen-bond donors (Lipinski definition) is 2. The van der Waals surface area contributed by atoms with Gasteiger partial charge in [0.05, 0.1) is 0 Å². The van der Waals surface area contributed by atoms with Crippen LogP contribution in [0.1, 0.15) is 97.8 Å². The zero-order chi connectivity index (χ0) is 15.6. The molecule has 0 heterocycles. The van der Waals surface area contributed by atoms with Crippen LogP contribution in [-0.2, 0) is 4.79 Å². The molecule has 20 heavy (non-hydrogen) atoms. The summed E-state index contributed by atoms with van der Waals surface area (Å²) in [6.45, 7) is 5.77. The predicted octanol–water partition coefficient (Wildman–Crippen LogP) is 5.16. The van der Waals surface area contributed by atoms with Gasteiger partial charge in [0.2, 0.25) is 0 Å².